The van der Waals surface area contributed by atoms with Crippen molar-refractivity contribution in [1.29, 1.82) is 0 Å². The summed E-state index contributed by atoms with van der Waals surface area (Å²) in [4.78, 5) is 8.50. The number of nitrogens with zero attached hydrogens (tertiary/aromatic N) is 2. The molecule has 0 bridgehead atoms. The topological polar surface area (TPSA) is 51.8 Å². The fourth-order valence-corrected chi connectivity index (χ4v) is 3.43. The molecule has 0 aliphatic heterocycles. The van der Waals surface area contributed by atoms with Gasteiger partial charge in [0, 0.05) is 10.9 Å². The predicted molar refractivity (Wildman–Crippen MR) is 108 cm³/mol. The first-order valence-electron chi connectivity index (χ1n) is 8.51. The molecule has 4 heteroatoms. The van der Waals surface area contributed by atoms with Gasteiger partial charge in [0.2, 0.25) is 5.28 Å². The lowest BCUT2D eigenvalue weighted by atomic mass is 9.92. The number of allylic oxidation sites excluding steroid dienone is 1. The number of benzene rings is 2. The van der Waals surface area contributed by atoms with Crippen molar-refractivity contribution < 1.29 is 0 Å². The Morgan fingerprint density at radius 1 is 1.12 bits per heavy atom. The Balaban J connectivity index is 2.19. The van der Waals surface area contributed by atoms with Crippen LogP contribution in [0, 0.1) is 13.8 Å². The molecular formula is C21H22ClN3. The quantitative estimate of drug-likeness (QED) is 0.590. The summed E-state index contributed by atoms with van der Waals surface area (Å²) in [6.07, 6.45) is 6.66. The van der Waals surface area contributed by atoms with Gasteiger partial charge in [-0.25, -0.2) is 9.97 Å². The van der Waals surface area contributed by atoms with Crippen molar-refractivity contribution in [3.05, 3.63) is 58.4 Å². The van der Waals surface area contributed by atoms with Crippen molar-refractivity contribution in [1.82, 2.24) is 9.97 Å². The van der Waals surface area contributed by atoms with Crippen molar-refractivity contribution in [2.75, 3.05) is 5.73 Å². The van der Waals surface area contributed by atoms with Crippen LogP contribution in [-0.2, 0) is 0 Å². The highest BCUT2D eigenvalue weighted by Crippen LogP contribution is 2.35. The van der Waals surface area contributed by atoms with Crippen LogP contribution >= 0.6 is 11.6 Å². The molecule has 0 unspecified atom stereocenters. The minimum atomic E-state index is 0.173. The van der Waals surface area contributed by atoms with E-state index in [4.69, 9.17) is 17.3 Å². The van der Waals surface area contributed by atoms with E-state index in [1.165, 1.54) is 22.3 Å². The maximum absolute atomic E-state index is 6.05. The van der Waals surface area contributed by atoms with Gasteiger partial charge >= 0.3 is 0 Å². The zero-order chi connectivity index (χ0) is 18.0. The molecular weight excluding hydrogens is 330 g/mol. The first-order chi connectivity index (χ1) is 12.0. The molecule has 2 aromatic carbocycles. The number of halogens is 1. The van der Waals surface area contributed by atoms with E-state index in [0.717, 1.165) is 29.3 Å². The lowest BCUT2D eigenvalue weighted by Gasteiger charge is -2.14. The monoisotopic (exact) mass is 351 g/mol. The molecule has 0 radical (unpaired) electrons. The normalized spacial score (nSPS) is 11.5. The predicted octanol–water partition coefficient (Wildman–Crippen LogP) is 5.96. The van der Waals surface area contributed by atoms with Gasteiger partial charge in [0.1, 0.15) is 5.82 Å². The second-order valence-electron chi connectivity index (χ2n) is 6.30. The van der Waals surface area contributed by atoms with Crippen molar-refractivity contribution in [3.63, 3.8) is 0 Å². The molecule has 0 saturated heterocycles. The number of hydrogen-bond acceptors (Lipinski definition) is 3. The largest absolute Gasteiger partial charge is 0.383 e. The minimum absolute atomic E-state index is 0.173. The Morgan fingerprint density at radius 2 is 1.84 bits per heavy atom. The van der Waals surface area contributed by atoms with E-state index in [0.29, 0.717) is 5.82 Å². The number of fused-ring (bicyclic) bond motifs is 1. The Morgan fingerprint density at radius 3 is 2.52 bits per heavy atom. The molecule has 0 spiro atoms. The summed E-state index contributed by atoms with van der Waals surface area (Å²) in [5.74, 6) is 0.409. The molecule has 0 atom stereocenters. The number of anilines is 1. The van der Waals surface area contributed by atoms with E-state index in [1.807, 2.05) is 12.1 Å². The molecule has 3 rings (SSSR count). The van der Waals surface area contributed by atoms with Crippen LogP contribution in [0.2, 0.25) is 5.28 Å². The van der Waals surface area contributed by atoms with Gasteiger partial charge in [0.25, 0.3) is 0 Å². The zero-order valence-electron chi connectivity index (χ0n) is 14.8. The Labute approximate surface area is 153 Å². The SMILES string of the molecule is CCC/C=C/c1cc(C)c(-c2cccc3c(N)nc(Cl)nc23)c(C)c1. The summed E-state index contributed by atoms with van der Waals surface area (Å²) in [6.45, 7) is 6.44. The standard InChI is InChI=1S/C21H22ClN3/c1-4-5-6-8-15-11-13(2)18(14(3)12-15)16-9-7-10-17-19(16)24-21(22)25-20(17)23/h6-12H,4-5H2,1-3H3,(H2,23,24,25)/b8-6+. The summed E-state index contributed by atoms with van der Waals surface area (Å²) in [5.41, 5.74) is 12.7. The average molecular weight is 352 g/mol. The molecule has 2 N–H and O–H groups in total. The van der Waals surface area contributed by atoms with Crippen LogP contribution in [0.1, 0.15) is 36.5 Å². The number of nitrogens with two attached hydrogens (primary N) is 1. The molecule has 1 heterocycles. The summed E-state index contributed by atoms with van der Waals surface area (Å²) in [5, 5.41) is 1.000. The first kappa shape index (κ1) is 17.4. The molecule has 128 valence electrons. The zero-order valence-corrected chi connectivity index (χ0v) is 15.6. The molecule has 0 aliphatic carbocycles. The average Bonchev–Trinajstić information content (AvgIpc) is 2.55. The van der Waals surface area contributed by atoms with Crippen molar-refractivity contribution >= 4 is 34.4 Å². The van der Waals surface area contributed by atoms with Crippen LogP contribution in [0.4, 0.5) is 5.82 Å². The van der Waals surface area contributed by atoms with Crippen LogP contribution in [0.3, 0.4) is 0 Å². The van der Waals surface area contributed by atoms with E-state index < -0.39 is 0 Å². The molecule has 3 aromatic rings. The van der Waals surface area contributed by atoms with Gasteiger partial charge < -0.3 is 5.73 Å². The summed E-state index contributed by atoms with van der Waals surface area (Å²) in [7, 11) is 0. The Hall–Kier alpha value is -2.39. The van der Waals surface area contributed by atoms with Gasteiger partial charge in [-0.2, -0.15) is 0 Å². The summed E-state index contributed by atoms with van der Waals surface area (Å²) >= 11 is 6.05. The third-order valence-electron chi connectivity index (χ3n) is 4.32. The number of nitrogen functional groups attached to an aromatic ring is 1. The molecule has 0 aliphatic rings. The lowest BCUT2D eigenvalue weighted by Crippen LogP contribution is -1.98. The summed E-state index contributed by atoms with van der Waals surface area (Å²) < 4.78 is 0. The van der Waals surface area contributed by atoms with Crippen molar-refractivity contribution in [2.24, 2.45) is 0 Å². The van der Waals surface area contributed by atoms with Gasteiger partial charge in [-0.1, -0.05) is 49.8 Å². The third kappa shape index (κ3) is 3.52. The van der Waals surface area contributed by atoms with Crippen LogP contribution in [0.5, 0.6) is 0 Å². The van der Waals surface area contributed by atoms with Crippen molar-refractivity contribution in [2.45, 2.75) is 33.6 Å². The number of rotatable bonds is 4. The van der Waals surface area contributed by atoms with Gasteiger partial charge in [-0.3, -0.25) is 0 Å². The van der Waals surface area contributed by atoms with Crippen molar-refractivity contribution in [3.8, 4) is 11.1 Å². The second-order valence-corrected chi connectivity index (χ2v) is 6.64. The number of hydrogen-bond donors (Lipinski definition) is 1. The van der Waals surface area contributed by atoms with Gasteiger partial charge in [-0.05, 0) is 60.2 Å². The number of aryl methyl sites for hydroxylation is 2. The third-order valence-corrected chi connectivity index (χ3v) is 4.49. The minimum Gasteiger partial charge on any atom is -0.383 e. The molecule has 25 heavy (non-hydrogen) atoms. The van der Waals surface area contributed by atoms with E-state index in [9.17, 15) is 0 Å². The molecule has 0 saturated carbocycles. The maximum Gasteiger partial charge on any atom is 0.224 e. The molecule has 0 fully saturated rings. The number of aromatic nitrogens is 2. The number of para-hydroxylation sites is 1. The fraction of sp³-hybridized carbons (Fsp3) is 0.238. The van der Waals surface area contributed by atoms with Crippen LogP contribution in [0.25, 0.3) is 28.1 Å². The fourth-order valence-electron chi connectivity index (χ4n) is 3.25. The van der Waals surface area contributed by atoms with Gasteiger partial charge in [0.05, 0.1) is 5.52 Å². The van der Waals surface area contributed by atoms with E-state index in [1.54, 1.807) is 0 Å². The molecule has 3 nitrogen and oxygen atoms in total. The Bertz CT molecular complexity index is 938. The molecule has 0 amide bonds. The smallest absolute Gasteiger partial charge is 0.224 e. The highest BCUT2D eigenvalue weighted by molar-refractivity contribution is 6.29. The highest BCUT2D eigenvalue weighted by Gasteiger charge is 2.13. The number of unbranched alkanes of at least 4 members (excludes halogenated alkanes) is 1. The van der Waals surface area contributed by atoms with E-state index in [-0.39, 0.29) is 5.28 Å². The van der Waals surface area contributed by atoms with E-state index >= 15 is 0 Å². The highest BCUT2D eigenvalue weighted by atomic mass is 35.5. The van der Waals surface area contributed by atoms with Crippen LogP contribution < -0.4 is 5.73 Å². The van der Waals surface area contributed by atoms with Crippen LogP contribution in [-0.4, -0.2) is 9.97 Å². The first-order valence-corrected chi connectivity index (χ1v) is 8.89. The molecule has 1 aromatic heterocycles. The Kier molecular flexibility index (Phi) is 5.05. The van der Waals surface area contributed by atoms with Gasteiger partial charge in [0.15, 0.2) is 0 Å². The van der Waals surface area contributed by atoms with Crippen LogP contribution in [0.15, 0.2) is 36.4 Å². The van der Waals surface area contributed by atoms with E-state index in [2.05, 4.69) is 61.1 Å². The second kappa shape index (κ2) is 7.24. The van der Waals surface area contributed by atoms with Gasteiger partial charge in [-0.15, -0.1) is 0 Å². The summed E-state index contributed by atoms with van der Waals surface area (Å²) in [6, 6.07) is 10.4. The maximum atomic E-state index is 6.05. The lowest BCUT2D eigenvalue weighted by molar-refractivity contribution is 0.962.